The standard InChI is InChI=1S/C37H47F4N5O5/c1-22-14-23-16-24(15-22)37(18-23,32(48)49)44-31(47)27-19-42-33(43-30(27)35(3,40)41)46-21-36(8-12-50-13-9-36)28-17-26(4-5-29(28)46)51-25-6-10-45(11-7-25)20-34(2,38)39/h4-5,17,19,22-25H,6-16,18,20-21H2,1-3H3,(H,44,47)(H,48,49). The molecule has 0 radical (unpaired) electrons. The van der Waals surface area contributed by atoms with Crippen molar-refractivity contribution < 1.29 is 41.7 Å². The van der Waals surface area contributed by atoms with Crippen LogP contribution in [0, 0.1) is 17.8 Å². The second-order valence-corrected chi connectivity index (χ2v) is 16.0. The van der Waals surface area contributed by atoms with E-state index in [-0.39, 0.29) is 42.3 Å². The van der Waals surface area contributed by atoms with E-state index in [1.165, 1.54) is 0 Å². The molecule has 2 N–H and O–H groups in total. The molecule has 1 aromatic heterocycles. The summed E-state index contributed by atoms with van der Waals surface area (Å²) in [6.45, 7) is 5.87. The first-order valence-electron chi connectivity index (χ1n) is 18.1. The Morgan fingerprint density at radius 3 is 2.49 bits per heavy atom. The highest BCUT2D eigenvalue weighted by Gasteiger charge is 2.56. The normalized spacial score (nSPS) is 28.1. The van der Waals surface area contributed by atoms with Gasteiger partial charge in [-0.05, 0) is 92.9 Å². The van der Waals surface area contributed by atoms with Crippen LogP contribution in [0.3, 0.4) is 0 Å². The number of nitrogens with zero attached hydrogens (tertiary/aromatic N) is 4. The predicted octanol–water partition coefficient (Wildman–Crippen LogP) is 6.30. The van der Waals surface area contributed by atoms with E-state index < -0.39 is 40.5 Å². The molecule has 14 heteroatoms. The predicted molar refractivity (Wildman–Crippen MR) is 180 cm³/mol. The lowest BCUT2D eigenvalue weighted by Crippen LogP contribution is -2.57. The third-order valence-corrected chi connectivity index (χ3v) is 11.8. The van der Waals surface area contributed by atoms with Crippen LogP contribution in [-0.4, -0.2) is 88.8 Å². The molecule has 10 nitrogen and oxygen atoms in total. The number of benzene rings is 1. The van der Waals surface area contributed by atoms with Crippen molar-refractivity contribution in [3.8, 4) is 5.75 Å². The highest BCUT2D eigenvalue weighted by Crippen LogP contribution is 2.52. The van der Waals surface area contributed by atoms with E-state index in [2.05, 4.69) is 22.2 Å². The topological polar surface area (TPSA) is 117 Å². The third kappa shape index (κ3) is 7.02. The molecular weight excluding hydrogens is 670 g/mol. The summed E-state index contributed by atoms with van der Waals surface area (Å²) in [7, 11) is 0. The van der Waals surface area contributed by atoms with Gasteiger partial charge in [-0.2, -0.15) is 8.78 Å². The van der Waals surface area contributed by atoms with E-state index in [0.717, 1.165) is 30.8 Å². The molecular formula is C37H47F4N5O5. The largest absolute Gasteiger partial charge is 0.490 e. The van der Waals surface area contributed by atoms with Crippen LogP contribution in [0.5, 0.6) is 5.75 Å². The number of carbonyl (C=O) groups excluding carboxylic acids is 1. The van der Waals surface area contributed by atoms with Crippen molar-refractivity contribution in [2.24, 2.45) is 17.8 Å². The number of aromatic nitrogens is 2. The van der Waals surface area contributed by atoms with Gasteiger partial charge in [0.1, 0.15) is 23.1 Å². The summed E-state index contributed by atoms with van der Waals surface area (Å²) in [6.07, 6.45) is 6.02. The van der Waals surface area contributed by atoms with E-state index in [4.69, 9.17) is 9.47 Å². The minimum absolute atomic E-state index is 0.0138. The number of likely N-dealkylation sites (tertiary alicyclic amines) is 1. The van der Waals surface area contributed by atoms with Crippen LogP contribution in [0.25, 0.3) is 0 Å². The highest BCUT2D eigenvalue weighted by molar-refractivity contribution is 5.99. The maximum Gasteiger partial charge on any atom is 0.329 e. The number of piperidine rings is 1. The second kappa shape index (κ2) is 13.2. The summed E-state index contributed by atoms with van der Waals surface area (Å²) in [4.78, 5) is 38.7. The van der Waals surface area contributed by atoms with Gasteiger partial charge >= 0.3 is 5.97 Å². The van der Waals surface area contributed by atoms with Crippen molar-refractivity contribution >= 4 is 23.5 Å². The lowest BCUT2D eigenvalue weighted by molar-refractivity contribution is -0.146. The maximum absolute atomic E-state index is 15.3. The fraction of sp³-hybridized carbons (Fsp3) is 0.676. The SMILES string of the molecule is CC1CC2CC(C1)C(NC(=O)c1cnc(N3CC4(CCOCC4)c4cc(OC5CCN(CC(C)(F)F)CC5)ccc43)nc1C(C)(F)F)(C(=O)O)C2. The number of carboxylic acids is 1. The van der Waals surface area contributed by atoms with E-state index in [0.29, 0.717) is 90.0 Å². The van der Waals surface area contributed by atoms with Gasteiger partial charge in [0.05, 0.1) is 12.1 Å². The van der Waals surface area contributed by atoms with Crippen LogP contribution in [0.1, 0.15) is 93.8 Å². The summed E-state index contributed by atoms with van der Waals surface area (Å²) in [5.41, 5.74) is -1.42. The number of alkyl halides is 4. The van der Waals surface area contributed by atoms with Crippen LogP contribution in [0.2, 0.25) is 0 Å². The molecule has 4 heterocycles. The average Bonchev–Trinajstić information content (AvgIpc) is 3.50. The van der Waals surface area contributed by atoms with Crippen LogP contribution in [0.4, 0.5) is 29.2 Å². The number of nitrogens with one attached hydrogen (secondary N) is 1. The van der Waals surface area contributed by atoms with Gasteiger partial charge in [0.25, 0.3) is 17.8 Å². The van der Waals surface area contributed by atoms with Crippen molar-refractivity contribution in [3.63, 3.8) is 0 Å². The van der Waals surface area contributed by atoms with E-state index in [1.54, 1.807) is 9.80 Å². The minimum atomic E-state index is -3.53. The van der Waals surface area contributed by atoms with Gasteiger partial charge in [-0.15, -0.1) is 0 Å². The molecule has 1 aromatic carbocycles. The second-order valence-electron chi connectivity index (χ2n) is 16.0. The number of hydrogen-bond acceptors (Lipinski definition) is 8. The zero-order valence-corrected chi connectivity index (χ0v) is 29.4. The Kier molecular flexibility index (Phi) is 9.25. The fourth-order valence-corrected chi connectivity index (χ4v) is 9.54. The average molecular weight is 718 g/mol. The van der Waals surface area contributed by atoms with Crippen molar-refractivity contribution in [3.05, 3.63) is 41.2 Å². The first-order valence-corrected chi connectivity index (χ1v) is 18.1. The number of amides is 1. The molecule has 2 saturated heterocycles. The van der Waals surface area contributed by atoms with Crippen LogP contribution < -0.4 is 15.0 Å². The molecule has 3 aliphatic heterocycles. The number of rotatable bonds is 9. The summed E-state index contributed by atoms with van der Waals surface area (Å²) < 4.78 is 69.8. The third-order valence-electron chi connectivity index (χ3n) is 11.8. The molecule has 51 heavy (non-hydrogen) atoms. The van der Waals surface area contributed by atoms with Crippen LogP contribution in [0.15, 0.2) is 24.4 Å². The number of halogens is 4. The number of hydrogen-bond donors (Lipinski definition) is 2. The van der Waals surface area contributed by atoms with Crippen molar-refractivity contribution in [1.29, 1.82) is 0 Å². The quantitative estimate of drug-likeness (QED) is 0.289. The lowest BCUT2D eigenvalue weighted by Gasteiger charge is -2.35. The van der Waals surface area contributed by atoms with E-state index in [9.17, 15) is 23.5 Å². The monoisotopic (exact) mass is 717 g/mol. The Bertz CT molecular complexity index is 1650. The Labute approximate surface area is 295 Å². The summed E-state index contributed by atoms with van der Waals surface area (Å²) in [5, 5.41) is 13.0. The Morgan fingerprint density at radius 2 is 1.82 bits per heavy atom. The zero-order chi connectivity index (χ0) is 36.3. The Hall–Kier alpha value is -3.52. The molecule has 4 atom stereocenters. The number of fused-ring (bicyclic) bond motifs is 4. The van der Waals surface area contributed by atoms with Crippen molar-refractivity contribution in [2.75, 3.05) is 44.3 Å². The van der Waals surface area contributed by atoms with Gasteiger partial charge in [0, 0.05) is 64.0 Å². The first-order chi connectivity index (χ1) is 24.1. The van der Waals surface area contributed by atoms with Gasteiger partial charge in [-0.3, -0.25) is 9.69 Å². The van der Waals surface area contributed by atoms with Crippen molar-refractivity contribution in [1.82, 2.24) is 20.2 Å². The highest BCUT2D eigenvalue weighted by atomic mass is 19.3. The molecule has 1 spiro atoms. The van der Waals surface area contributed by atoms with Gasteiger partial charge in [0.15, 0.2) is 0 Å². The van der Waals surface area contributed by atoms with E-state index >= 15 is 8.78 Å². The molecule has 2 saturated carbocycles. The summed E-state index contributed by atoms with van der Waals surface area (Å²) in [6, 6.07) is 5.66. The molecule has 278 valence electrons. The summed E-state index contributed by atoms with van der Waals surface area (Å²) >= 11 is 0. The van der Waals surface area contributed by atoms with Gasteiger partial charge in [-0.25, -0.2) is 23.5 Å². The number of carbonyl (C=O) groups is 2. The van der Waals surface area contributed by atoms with Crippen molar-refractivity contribution in [2.45, 2.75) is 101 Å². The van der Waals surface area contributed by atoms with Gasteiger partial charge < -0.3 is 24.8 Å². The number of ether oxygens (including phenoxy) is 2. The molecule has 7 rings (SSSR count). The van der Waals surface area contributed by atoms with E-state index in [1.807, 2.05) is 18.2 Å². The molecule has 5 aliphatic rings. The maximum atomic E-state index is 15.3. The molecule has 4 unspecified atom stereocenters. The number of aliphatic carboxylic acids is 1. The summed E-state index contributed by atoms with van der Waals surface area (Å²) in [5.74, 6) is -7.51. The minimum Gasteiger partial charge on any atom is -0.490 e. The molecule has 2 aliphatic carbocycles. The molecule has 2 aromatic rings. The van der Waals surface area contributed by atoms with Gasteiger partial charge in [-0.1, -0.05) is 6.92 Å². The van der Waals surface area contributed by atoms with Crippen LogP contribution >= 0.6 is 0 Å². The Morgan fingerprint density at radius 1 is 1.10 bits per heavy atom. The number of carboxylic acid groups (broad SMARTS) is 1. The lowest BCUT2D eigenvalue weighted by atomic mass is 9.76. The molecule has 2 bridgehead atoms. The number of anilines is 2. The molecule has 1 amide bonds. The molecule has 4 fully saturated rings. The smallest absolute Gasteiger partial charge is 0.329 e. The fourth-order valence-electron chi connectivity index (χ4n) is 9.54. The zero-order valence-electron chi connectivity index (χ0n) is 29.4. The first kappa shape index (κ1) is 35.9. The van der Waals surface area contributed by atoms with Gasteiger partial charge in [0.2, 0.25) is 5.95 Å². The Balaban J connectivity index is 1.15. The van der Waals surface area contributed by atoms with Crippen LogP contribution in [-0.2, 0) is 20.9 Å².